The summed E-state index contributed by atoms with van der Waals surface area (Å²) in [6.07, 6.45) is 0. The Kier molecular flexibility index (Phi) is 4.71. The SMILES string of the molecule is N#Cc1cc(NCc2ccc(Br)c(Cl)c2)ccc1Cl. The molecule has 0 saturated heterocycles. The van der Waals surface area contributed by atoms with Crippen LogP contribution in [0.1, 0.15) is 11.1 Å². The lowest BCUT2D eigenvalue weighted by molar-refractivity contribution is 1.15. The van der Waals surface area contributed by atoms with E-state index in [2.05, 4.69) is 27.3 Å². The molecule has 0 aliphatic heterocycles. The van der Waals surface area contributed by atoms with Gasteiger partial charge in [-0.25, -0.2) is 0 Å². The Bertz CT molecular complexity index is 650. The molecule has 96 valence electrons. The first-order valence-electron chi connectivity index (χ1n) is 5.47. The highest BCUT2D eigenvalue weighted by Crippen LogP contribution is 2.24. The number of rotatable bonds is 3. The minimum Gasteiger partial charge on any atom is -0.381 e. The average Bonchev–Trinajstić information content (AvgIpc) is 2.41. The molecule has 2 rings (SSSR count). The van der Waals surface area contributed by atoms with Crippen LogP contribution in [0.3, 0.4) is 0 Å². The Balaban J connectivity index is 2.10. The first-order valence-corrected chi connectivity index (χ1v) is 7.02. The molecule has 0 saturated carbocycles. The molecule has 0 aliphatic rings. The number of hydrogen-bond acceptors (Lipinski definition) is 2. The zero-order valence-corrected chi connectivity index (χ0v) is 12.9. The number of anilines is 1. The van der Waals surface area contributed by atoms with Crippen LogP contribution in [0.25, 0.3) is 0 Å². The van der Waals surface area contributed by atoms with Crippen molar-refractivity contribution in [2.45, 2.75) is 6.54 Å². The van der Waals surface area contributed by atoms with Crippen LogP contribution in [-0.2, 0) is 6.54 Å². The van der Waals surface area contributed by atoms with Gasteiger partial charge in [-0.05, 0) is 51.8 Å². The van der Waals surface area contributed by atoms with E-state index in [1.807, 2.05) is 24.3 Å². The van der Waals surface area contributed by atoms with E-state index in [1.54, 1.807) is 12.1 Å². The minimum absolute atomic E-state index is 0.458. The molecule has 0 radical (unpaired) electrons. The smallest absolute Gasteiger partial charge is 0.101 e. The predicted octanol–water partition coefficient (Wildman–Crippen LogP) is 5.24. The normalized spacial score (nSPS) is 10.0. The zero-order chi connectivity index (χ0) is 13.8. The molecule has 0 unspecified atom stereocenters. The van der Waals surface area contributed by atoms with E-state index >= 15 is 0 Å². The van der Waals surface area contributed by atoms with Crippen molar-refractivity contribution in [2.75, 3.05) is 5.32 Å². The van der Waals surface area contributed by atoms with E-state index in [9.17, 15) is 0 Å². The zero-order valence-electron chi connectivity index (χ0n) is 9.75. The van der Waals surface area contributed by atoms with Crippen LogP contribution < -0.4 is 5.32 Å². The molecule has 0 aliphatic carbocycles. The van der Waals surface area contributed by atoms with Crippen LogP contribution >= 0.6 is 39.1 Å². The van der Waals surface area contributed by atoms with Gasteiger partial charge in [0, 0.05) is 16.7 Å². The number of nitriles is 1. The van der Waals surface area contributed by atoms with E-state index in [4.69, 9.17) is 28.5 Å². The first-order chi connectivity index (χ1) is 9.10. The fourth-order valence-electron chi connectivity index (χ4n) is 1.57. The van der Waals surface area contributed by atoms with Crippen LogP contribution in [0.2, 0.25) is 10.0 Å². The summed E-state index contributed by atoms with van der Waals surface area (Å²) < 4.78 is 0.871. The molecule has 0 aromatic heterocycles. The van der Waals surface area contributed by atoms with Gasteiger partial charge in [-0.2, -0.15) is 5.26 Å². The molecule has 0 heterocycles. The summed E-state index contributed by atoms with van der Waals surface area (Å²) >= 11 is 15.3. The summed E-state index contributed by atoms with van der Waals surface area (Å²) in [5.74, 6) is 0. The standard InChI is InChI=1S/C14H9BrCl2N2/c15-12-3-1-9(5-14(12)17)8-19-11-2-4-13(16)10(6-11)7-18/h1-6,19H,8H2. The van der Waals surface area contributed by atoms with E-state index < -0.39 is 0 Å². The van der Waals surface area contributed by atoms with E-state index in [0.717, 1.165) is 15.7 Å². The monoisotopic (exact) mass is 354 g/mol. The molecule has 0 fully saturated rings. The molecular formula is C14H9BrCl2N2. The number of halogens is 3. The highest BCUT2D eigenvalue weighted by molar-refractivity contribution is 9.10. The van der Waals surface area contributed by atoms with Gasteiger partial charge in [-0.3, -0.25) is 0 Å². The van der Waals surface area contributed by atoms with Gasteiger partial charge in [0.2, 0.25) is 0 Å². The van der Waals surface area contributed by atoms with Crippen molar-refractivity contribution in [2.24, 2.45) is 0 Å². The fourth-order valence-corrected chi connectivity index (χ4v) is 2.18. The largest absolute Gasteiger partial charge is 0.381 e. The summed E-state index contributed by atoms with van der Waals surface area (Å²) in [6.45, 7) is 0.625. The number of hydrogen-bond donors (Lipinski definition) is 1. The number of nitrogens with zero attached hydrogens (tertiary/aromatic N) is 1. The molecule has 2 aromatic carbocycles. The van der Waals surface area contributed by atoms with Crippen molar-refractivity contribution >= 4 is 44.8 Å². The van der Waals surface area contributed by atoms with Crippen molar-refractivity contribution in [1.29, 1.82) is 5.26 Å². The Labute approximate surface area is 130 Å². The van der Waals surface area contributed by atoms with E-state index in [-0.39, 0.29) is 0 Å². The molecular weight excluding hydrogens is 347 g/mol. The van der Waals surface area contributed by atoms with Gasteiger partial charge < -0.3 is 5.32 Å². The summed E-state index contributed by atoms with van der Waals surface area (Å²) in [5.41, 5.74) is 2.36. The first kappa shape index (κ1) is 14.2. The molecule has 0 bridgehead atoms. The molecule has 0 atom stereocenters. The summed E-state index contributed by atoms with van der Waals surface area (Å²) in [6, 6.07) is 13.1. The van der Waals surface area contributed by atoms with Crippen molar-refractivity contribution in [3.8, 4) is 6.07 Å². The van der Waals surface area contributed by atoms with Crippen molar-refractivity contribution in [3.63, 3.8) is 0 Å². The highest BCUT2D eigenvalue weighted by atomic mass is 79.9. The number of benzene rings is 2. The van der Waals surface area contributed by atoms with Crippen LogP contribution in [0.5, 0.6) is 0 Å². The Morgan fingerprint density at radius 2 is 1.89 bits per heavy atom. The third kappa shape index (κ3) is 3.63. The molecule has 5 heteroatoms. The summed E-state index contributed by atoms with van der Waals surface area (Å²) in [5, 5.41) is 13.3. The van der Waals surface area contributed by atoms with Crippen LogP contribution in [0.4, 0.5) is 5.69 Å². The molecule has 2 aromatic rings. The minimum atomic E-state index is 0.458. The lowest BCUT2D eigenvalue weighted by Gasteiger charge is -2.08. The van der Waals surface area contributed by atoms with Crippen molar-refractivity contribution < 1.29 is 0 Å². The second-order valence-electron chi connectivity index (χ2n) is 3.91. The van der Waals surface area contributed by atoms with Crippen molar-refractivity contribution in [3.05, 3.63) is 62.0 Å². The third-order valence-corrected chi connectivity index (χ3v) is 4.13. The van der Waals surface area contributed by atoms with E-state index in [0.29, 0.717) is 22.2 Å². The second-order valence-corrected chi connectivity index (χ2v) is 5.58. The molecule has 0 spiro atoms. The Morgan fingerprint density at radius 1 is 1.11 bits per heavy atom. The maximum atomic E-state index is 8.91. The van der Waals surface area contributed by atoms with Gasteiger partial charge in [0.05, 0.1) is 15.6 Å². The van der Waals surface area contributed by atoms with Gasteiger partial charge in [-0.15, -0.1) is 0 Å². The number of nitrogens with one attached hydrogen (secondary N) is 1. The van der Waals surface area contributed by atoms with Gasteiger partial charge in [0.1, 0.15) is 6.07 Å². The Hall–Kier alpha value is -1.21. The average molecular weight is 356 g/mol. The lowest BCUT2D eigenvalue weighted by atomic mass is 10.2. The maximum absolute atomic E-state index is 8.91. The summed E-state index contributed by atoms with van der Waals surface area (Å²) in [7, 11) is 0. The van der Waals surface area contributed by atoms with Crippen LogP contribution in [0, 0.1) is 11.3 Å². The van der Waals surface area contributed by atoms with Gasteiger partial charge in [0.15, 0.2) is 0 Å². The quantitative estimate of drug-likeness (QED) is 0.817. The third-order valence-electron chi connectivity index (χ3n) is 2.57. The molecule has 1 N–H and O–H groups in total. The molecule has 19 heavy (non-hydrogen) atoms. The van der Waals surface area contributed by atoms with Gasteiger partial charge >= 0.3 is 0 Å². The maximum Gasteiger partial charge on any atom is 0.101 e. The predicted molar refractivity (Wildman–Crippen MR) is 82.6 cm³/mol. The van der Waals surface area contributed by atoms with Crippen LogP contribution in [-0.4, -0.2) is 0 Å². The van der Waals surface area contributed by atoms with Crippen molar-refractivity contribution in [1.82, 2.24) is 0 Å². The second kappa shape index (κ2) is 6.29. The van der Waals surface area contributed by atoms with Gasteiger partial charge in [0.25, 0.3) is 0 Å². The Morgan fingerprint density at radius 3 is 2.58 bits per heavy atom. The molecule has 0 amide bonds. The van der Waals surface area contributed by atoms with Crippen LogP contribution in [0.15, 0.2) is 40.9 Å². The highest BCUT2D eigenvalue weighted by Gasteiger charge is 2.02. The van der Waals surface area contributed by atoms with Gasteiger partial charge in [-0.1, -0.05) is 29.3 Å². The fraction of sp³-hybridized carbons (Fsp3) is 0.0714. The van der Waals surface area contributed by atoms with E-state index in [1.165, 1.54) is 0 Å². The molecule has 2 nitrogen and oxygen atoms in total. The summed E-state index contributed by atoms with van der Waals surface area (Å²) in [4.78, 5) is 0. The lowest BCUT2D eigenvalue weighted by Crippen LogP contribution is -1.99. The topological polar surface area (TPSA) is 35.8 Å².